The maximum Gasteiger partial charge on any atom is 0.407 e. The van der Waals surface area contributed by atoms with Crippen LogP contribution in [-0.2, 0) is 11.3 Å². The molecule has 0 aromatic carbocycles. The van der Waals surface area contributed by atoms with Crippen molar-refractivity contribution in [3.63, 3.8) is 0 Å². The molecular weight excluding hydrogens is 310 g/mol. The highest BCUT2D eigenvalue weighted by atomic mass is 35.5. The Morgan fingerprint density at radius 3 is 2.62 bits per heavy atom. The van der Waals surface area contributed by atoms with E-state index in [9.17, 15) is 4.79 Å². The molecule has 21 heavy (non-hydrogen) atoms. The van der Waals surface area contributed by atoms with E-state index in [-0.39, 0.29) is 12.1 Å². The summed E-state index contributed by atoms with van der Waals surface area (Å²) in [4.78, 5) is 16.0. The second-order valence-corrected chi connectivity index (χ2v) is 7.93. The predicted octanol–water partition coefficient (Wildman–Crippen LogP) is 3.44. The number of amides is 1. The Bertz CT molecular complexity index is 457. The van der Waals surface area contributed by atoms with Crippen molar-refractivity contribution >= 4 is 29.0 Å². The average Bonchev–Trinajstić information content (AvgIpc) is 2.71. The summed E-state index contributed by atoms with van der Waals surface area (Å²) in [6.45, 7) is 10.9. The highest BCUT2D eigenvalue weighted by molar-refractivity contribution is 7.15. The topological polar surface area (TPSA) is 63.2 Å². The normalized spacial score (nSPS) is 13.3. The van der Waals surface area contributed by atoms with Gasteiger partial charge in [0.1, 0.15) is 14.9 Å². The minimum absolute atomic E-state index is 0.00437. The smallest absolute Gasteiger partial charge is 0.407 e. The lowest BCUT2D eigenvalue weighted by atomic mass is 10.0. The molecule has 1 amide bonds. The van der Waals surface area contributed by atoms with Gasteiger partial charge >= 0.3 is 6.09 Å². The van der Waals surface area contributed by atoms with Crippen molar-refractivity contribution in [3.8, 4) is 0 Å². The molecule has 5 nitrogen and oxygen atoms in total. The number of carbonyl (C=O) groups is 1. The van der Waals surface area contributed by atoms with Gasteiger partial charge in [0.05, 0.1) is 6.20 Å². The molecule has 0 spiro atoms. The van der Waals surface area contributed by atoms with Crippen molar-refractivity contribution in [1.82, 2.24) is 15.6 Å². The number of ether oxygens (including phenoxy) is 1. The zero-order valence-corrected chi connectivity index (χ0v) is 14.8. The number of halogens is 1. The van der Waals surface area contributed by atoms with Crippen molar-refractivity contribution in [2.24, 2.45) is 5.92 Å². The first-order valence-electron chi connectivity index (χ1n) is 6.98. The molecule has 2 N–H and O–H groups in total. The molecular formula is C14H24ClN3O2S. The maximum atomic E-state index is 11.8. The third kappa shape index (κ3) is 7.64. The minimum atomic E-state index is -0.489. The number of aromatic nitrogens is 1. The lowest BCUT2D eigenvalue weighted by Gasteiger charge is -2.26. The highest BCUT2D eigenvalue weighted by Crippen LogP contribution is 2.17. The summed E-state index contributed by atoms with van der Waals surface area (Å²) < 4.78 is 5.96. The predicted molar refractivity (Wildman–Crippen MR) is 86.8 cm³/mol. The second-order valence-electron chi connectivity index (χ2n) is 6.19. The monoisotopic (exact) mass is 333 g/mol. The summed E-state index contributed by atoms with van der Waals surface area (Å²) in [6.07, 6.45) is 1.25. The van der Waals surface area contributed by atoms with Crippen LogP contribution in [0.5, 0.6) is 0 Å². The number of rotatable bonds is 6. The van der Waals surface area contributed by atoms with Gasteiger partial charge in [0, 0.05) is 19.1 Å². The van der Waals surface area contributed by atoms with Gasteiger partial charge in [0.15, 0.2) is 0 Å². The van der Waals surface area contributed by atoms with Gasteiger partial charge in [0.2, 0.25) is 0 Å². The fraction of sp³-hybridized carbons (Fsp3) is 0.714. The molecule has 7 heteroatoms. The van der Waals surface area contributed by atoms with Crippen LogP contribution >= 0.6 is 22.9 Å². The van der Waals surface area contributed by atoms with Crippen LogP contribution in [0.2, 0.25) is 4.34 Å². The van der Waals surface area contributed by atoms with Crippen molar-refractivity contribution < 1.29 is 9.53 Å². The summed E-state index contributed by atoms with van der Waals surface area (Å²) >= 11 is 7.29. The molecule has 1 rings (SSSR count). The van der Waals surface area contributed by atoms with Gasteiger partial charge in [-0.15, -0.1) is 11.3 Å². The van der Waals surface area contributed by atoms with E-state index >= 15 is 0 Å². The van der Waals surface area contributed by atoms with E-state index < -0.39 is 5.60 Å². The molecule has 0 aliphatic heterocycles. The molecule has 0 saturated carbocycles. The quantitative estimate of drug-likeness (QED) is 0.837. The van der Waals surface area contributed by atoms with Crippen molar-refractivity contribution in [3.05, 3.63) is 15.5 Å². The first kappa shape index (κ1) is 18.2. The number of thiazole rings is 1. The number of nitrogens with zero attached hydrogens (tertiary/aromatic N) is 1. The summed E-state index contributed by atoms with van der Waals surface area (Å²) in [5, 5.41) is 7.11. The summed E-state index contributed by atoms with van der Waals surface area (Å²) in [5.41, 5.74) is -0.489. The lowest BCUT2D eigenvalue weighted by Crippen LogP contribution is -2.46. The Morgan fingerprint density at radius 2 is 2.14 bits per heavy atom. The Hall–Kier alpha value is -0.850. The average molecular weight is 334 g/mol. The number of nitrogens with one attached hydrogen (secondary N) is 2. The van der Waals surface area contributed by atoms with E-state index in [4.69, 9.17) is 16.3 Å². The largest absolute Gasteiger partial charge is 0.444 e. The van der Waals surface area contributed by atoms with E-state index in [0.29, 0.717) is 23.3 Å². The highest BCUT2D eigenvalue weighted by Gasteiger charge is 2.21. The SMILES string of the molecule is CC(C)C(CNCc1ncc(Cl)s1)NC(=O)OC(C)(C)C. The molecule has 1 aromatic heterocycles. The van der Waals surface area contributed by atoms with Crippen LogP contribution in [0.1, 0.15) is 39.6 Å². The molecule has 0 aliphatic rings. The summed E-state index contributed by atoms with van der Waals surface area (Å²) in [5.74, 6) is 0.296. The van der Waals surface area contributed by atoms with Crippen molar-refractivity contribution in [2.45, 2.75) is 52.8 Å². The molecule has 1 heterocycles. The minimum Gasteiger partial charge on any atom is -0.444 e. The van der Waals surface area contributed by atoms with Gasteiger partial charge in [0.25, 0.3) is 0 Å². The number of hydrogen-bond donors (Lipinski definition) is 2. The van der Waals surface area contributed by atoms with E-state index in [1.807, 2.05) is 20.8 Å². The Labute approximate surface area is 135 Å². The van der Waals surface area contributed by atoms with E-state index in [1.54, 1.807) is 6.20 Å². The molecule has 1 atom stereocenters. The van der Waals surface area contributed by atoms with Crippen molar-refractivity contribution in [2.75, 3.05) is 6.54 Å². The molecule has 1 aromatic rings. The molecule has 1 unspecified atom stereocenters. The standard InChI is InChI=1S/C14H24ClN3O2S/c1-9(2)10(18-13(19)20-14(3,4)5)6-16-8-12-17-7-11(15)21-12/h7,9-10,16H,6,8H2,1-5H3,(H,18,19). The van der Waals surface area contributed by atoms with Gasteiger partial charge in [-0.25, -0.2) is 9.78 Å². The first-order chi connectivity index (χ1) is 9.67. The fourth-order valence-corrected chi connectivity index (χ4v) is 2.54. The third-order valence-corrected chi connectivity index (χ3v) is 3.79. The molecule has 120 valence electrons. The van der Waals surface area contributed by atoms with Gasteiger partial charge < -0.3 is 15.4 Å². The van der Waals surface area contributed by atoms with Gasteiger partial charge in [-0.2, -0.15) is 0 Å². The van der Waals surface area contributed by atoms with E-state index in [2.05, 4.69) is 29.5 Å². The van der Waals surface area contributed by atoms with Gasteiger partial charge in [-0.3, -0.25) is 0 Å². The van der Waals surface area contributed by atoms with Gasteiger partial charge in [-0.05, 0) is 26.7 Å². The van der Waals surface area contributed by atoms with E-state index in [1.165, 1.54) is 11.3 Å². The first-order valence-corrected chi connectivity index (χ1v) is 8.17. The number of hydrogen-bond acceptors (Lipinski definition) is 5. The Balaban J connectivity index is 2.41. The zero-order chi connectivity index (χ0) is 16.0. The third-order valence-electron chi connectivity index (χ3n) is 2.67. The molecule has 0 saturated heterocycles. The fourth-order valence-electron chi connectivity index (χ4n) is 1.62. The summed E-state index contributed by atoms with van der Waals surface area (Å²) in [6, 6.07) is -0.00437. The van der Waals surface area contributed by atoms with Crippen LogP contribution in [0.15, 0.2) is 6.20 Å². The second kappa shape index (κ2) is 7.96. The molecule has 0 bridgehead atoms. The van der Waals surface area contributed by atoms with Crippen LogP contribution in [0.25, 0.3) is 0 Å². The van der Waals surface area contributed by atoms with Crippen molar-refractivity contribution in [1.29, 1.82) is 0 Å². The number of alkyl carbamates (subject to hydrolysis) is 1. The zero-order valence-electron chi connectivity index (χ0n) is 13.2. The van der Waals surface area contributed by atoms with Crippen LogP contribution in [0, 0.1) is 5.92 Å². The van der Waals surface area contributed by atoms with Crippen LogP contribution in [-0.4, -0.2) is 29.3 Å². The Kier molecular flexibility index (Phi) is 6.90. The number of carbonyl (C=O) groups excluding carboxylic acids is 1. The van der Waals surface area contributed by atoms with E-state index in [0.717, 1.165) is 5.01 Å². The van der Waals surface area contributed by atoms with Gasteiger partial charge in [-0.1, -0.05) is 25.4 Å². The lowest BCUT2D eigenvalue weighted by molar-refractivity contribution is 0.0490. The van der Waals surface area contributed by atoms with Crippen LogP contribution < -0.4 is 10.6 Å². The summed E-state index contributed by atoms with van der Waals surface area (Å²) in [7, 11) is 0. The molecule has 0 fully saturated rings. The maximum absolute atomic E-state index is 11.8. The molecule has 0 aliphatic carbocycles. The Morgan fingerprint density at radius 1 is 1.48 bits per heavy atom. The molecule has 0 radical (unpaired) electrons. The van der Waals surface area contributed by atoms with Crippen LogP contribution in [0.4, 0.5) is 4.79 Å². The van der Waals surface area contributed by atoms with Crippen LogP contribution in [0.3, 0.4) is 0 Å².